The molecule has 0 saturated heterocycles. The maximum absolute atomic E-state index is 11.4. The van der Waals surface area contributed by atoms with E-state index in [9.17, 15) is 10.2 Å². The van der Waals surface area contributed by atoms with E-state index in [4.69, 9.17) is 11.6 Å². The Morgan fingerprint density at radius 1 is 1.41 bits per heavy atom. The quantitative estimate of drug-likeness (QED) is 0.428. The zero-order valence-electron chi connectivity index (χ0n) is 13.2. The maximum atomic E-state index is 11.4. The van der Waals surface area contributed by atoms with Crippen LogP contribution in [-0.4, -0.2) is 41.6 Å². The van der Waals surface area contributed by atoms with Crippen molar-refractivity contribution in [2.75, 3.05) is 19.5 Å². The molecular formula is C17H25ClN2O2. The van der Waals surface area contributed by atoms with Gasteiger partial charge in [-0.25, -0.2) is 0 Å². The highest BCUT2D eigenvalue weighted by Crippen LogP contribution is 2.51. The van der Waals surface area contributed by atoms with Crippen LogP contribution in [0.2, 0.25) is 0 Å². The van der Waals surface area contributed by atoms with Gasteiger partial charge in [-0.3, -0.25) is 4.99 Å². The lowest BCUT2D eigenvalue weighted by atomic mass is 9.72. The number of benzene rings is 1. The summed E-state index contributed by atoms with van der Waals surface area (Å²) in [6, 6.07) is 7.19. The average molecular weight is 325 g/mol. The van der Waals surface area contributed by atoms with Gasteiger partial charge in [-0.1, -0.05) is 19.1 Å². The molecule has 1 fully saturated rings. The van der Waals surface area contributed by atoms with Crippen LogP contribution < -0.4 is 5.32 Å². The van der Waals surface area contributed by atoms with Crippen molar-refractivity contribution >= 4 is 17.9 Å². The molecule has 22 heavy (non-hydrogen) atoms. The molecule has 0 aliphatic heterocycles. The molecule has 3 N–H and O–H groups in total. The first-order valence-electron chi connectivity index (χ1n) is 7.65. The van der Waals surface area contributed by atoms with Crippen LogP contribution in [0.15, 0.2) is 29.3 Å². The first kappa shape index (κ1) is 17.1. The molecule has 0 aromatic heterocycles. The number of aliphatic imine (C=N–C) groups is 1. The number of rotatable bonds is 6. The van der Waals surface area contributed by atoms with E-state index in [0.29, 0.717) is 12.4 Å². The highest BCUT2D eigenvalue weighted by molar-refractivity contribution is 6.18. The number of alkyl halides is 1. The summed E-state index contributed by atoms with van der Waals surface area (Å²) >= 11 is 6.18. The van der Waals surface area contributed by atoms with Gasteiger partial charge in [0.15, 0.2) is 0 Å². The van der Waals surface area contributed by atoms with Gasteiger partial charge in [-0.2, -0.15) is 0 Å². The lowest BCUT2D eigenvalue weighted by molar-refractivity contribution is -0.0685. The first-order valence-corrected chi connectivity index (χ1v) is 8.19. The number of aliphatic hydroxyl groups is 1. The van der Waals surface area contributed by atoms with Crippen molar-refractivity contribution in [3.05, 3.63) is 29.8 Å². The molecule has 0 heterocycles. The van der Waals surface area contributed by atoms with E-state index >= 15 is 0 Å². The molecular weight excluding hydrogens is 300 g/mol. The van der Waals surface area contributed by atoms with Crippen LogP contribution in [0.25, 0.3) is 0 Å². The summed E-state index contributed by atoms with van der Waals surface area (Å²) in [5.41, 5.74) is -0.0809. The van der Waals surface area contributed by atoms with Crippen LogP contribution >= 0.6 is 11.6 Å². The largest absolute Gasteiger partial charge is 0.508 e. The van der Waals surface area contributed by atoms with Gasteiger partial charge in [0, 0.05) is 24.9 Å². The zero-order valence-corrected chi connectivity index (χ0v) is 14.0. The van der Waals surface area contributed by atoms with E-state index in [0.717, 1.165) is 24.8 Å². The molecule has 1 aliphatic rings. The molecule has 1 aromatic rings. The summed E-state index contributed by atoms with van der Waals surface area (Å²) in [7, 11) is 1.69. The Labute approximate surface area is 137 Å². The zero-order chi connectivity index (χ0) is 16.2. The van der Waals surface area contributed by atoms with Crippen molar-refractivity contribution in [2.24, 2.45) is 16.3 Å². The van der Waals surface area contributed by atoms with Gasteiger partial charge >= 0.3 is 0 Å². The Balaban J connectivity index is 2.19. The average Bonchev–Trinajstić information content (AvgIpc) is 2.75. The summed E-state index contributed by atoms with van der Waals surface area (Å²) in [4.78, 5) is 3.91. The molecule has 0 radical (unpaired) electrons. The maximum Gasteiger partial charge on any atom is 0.115 e. The number of nitrogens with one attached hydrogen (secondary N) is 1. The molecule has 0 spiro atoms. The standard InChI is InChI=1S/C17H25ClN2O2/c1-16(10-18)8-7-14(17(16,22)11-20-12-19-2)9-13-3-5-15(21)6-4-13/h3-6,12,14,21-22H,7-11H2,1-2H3,(H,19,20). The summed E-state index contributed by atoms with van der Waals surface area (Å²) in [5, 5.41) is 23.8. The third-order valence-electron chi connectivity index (χ3n) is 5.07. The molecule has 3 unspecified atom stereocenters. The number of halogens is 1. The van der Waals surface area contributed by atoms with Gasteiger partial charge in [-0.05, 0) is 42.9 Å². The van der Waals surface area contributed by atoms with Gasteiger partial charge in [0.2, 0.25) is 0 Å². The van der Waals surface area contributed by atoms with E-state index in [1.54, 1.807) is 25.5 Å². The smallest absolute Gasteiger partial charge is 0.115 e. The molecule has 5 heteroatoms. The first-order chi connectivity index (χ1) is 10.4. The van der Waals surface area contributed by atoms with E-state index in [1.807, 2.05) is 12.1 Å². The number of nitrogens with zero attached hydrogens (tertiary/aromatic N) is 1. The Bertz CT molecular complexity index is 520. The molecule has 1 aliphatic carbocycles. The normalized spacial score (nSPS) is 31.7. The third kappa shape index (κ3) is 3.23. The Morgan fingerprint density at radius 3 is 2.68 bits per heavy atom. The summed E-state index contributed by atoms with van der Waals surface area (Å²) in [6.07, 6.45) is 4.23. The van der Waals surface area contributed by atoms with E-state index < -0.39 is 5.60 Å². The molecule has 0 amide bonds. The fourth-order valence-electron chi connectivity index (χ4n) is 3.46. The molecule has 1 aromatic carbocycles. The molecule has 122 valence electrons. The van der Waals surface area contributed by atoms with E-state index in [1.165, 1.54) is 0 Å². The number of hydrogen-bond acceptors (Lipinski definition) is 3. The number of hydrogen-bond donors (Lipinski definition) is 3. The van der Waals surface area contributed by atoms with Crippen LogP contribution in [0.1, 0.15) is 25.3 Å². The van der Waals surface area contributed by atoms with Crippen LogP contribution in [0.5, 0.6) is 5.75 Å². The number of phenolic OH excluding ortho intramolecular Hbond substituents is 1. The monoisotopic (exact) mass is 324 g/mol. The van der Waals surface area contributed by atoms with Crippen molar-refractivity contribution < 1.29 is 10.2 Å². The third-order valence-corrected chi connectivity index (χ3v) is 5.66. The van der Waals surface area contributed by atoms with Crippen LogP contribution in [0.3, 0.4) is 0 Å². The minimum Gasteiger partial charge on any atom is -0.508 e. The molecule has 1 saturated carbocycles. The second-order valence-corrected chi connectivity index (χ2v) is 6.76. The predicted molar refractivity (Wildman–Crippen MR) is 90.7 cm³/mol. The lowest BCUT2D eigenvalue weighted by Crippen LogP contribution is -2.54. The minimum atomic E-state index is -0.881. The SMILES string of the molecule is C/N=C\NCC1(O)C(Cc2ccc(O)cc2)CCC1(C)CCl. The minimum absolute atomic E-state index is 0.124. The summed E-state index contributed by atoms with van der Waals surface area (Å²) in [6.45, 7) is 2.50. The number of phenols is 1. The van der Waals surface area contributed by atoms with Gasteiger partial charge < -0.3 is 15.5 Å². The van der Waals surface area contributed by atoms with Crippen molar-refractivity contribution in [2.45, 2.75) is 31.8 Å². The van der Waals surface area contributed by atoms with Crippen molar-refractivity contribution in [3.8, 4) is 5.75 Å². The van der Waals surface area contributed by atoms with Crippen molar-refractivity contribution in [1.82, 2.24) is 5.32 Å². The van der Waals surface area contributed by atoms with Gasteiger partial charge in [0.05, 0.1) is 11.9 Å². The van der Waals surface area contributed by atoms with Gasteiger partial charge in [0.25, 0.3) is 0 Å². The molecule has 2 rings (SSSR count). The second kappa shape index (κ2) is 6.88. The number of aromatic hydroxyl groups is 1. The van der Waals surface area contributed by atoms with Crippen molar-refractivity contribution in [1.29, 1.82) is 0 Å². The second-order valence-electron chi connectivity index (χ2n) is 6.49. The van der Waals surface area contributed by atoms with Crippen LogP contribution in [-0.2, 0) is 6.42 Å². The topological polar surface area (TPSA) is 64.9 Å². The van der Waals surface area contributed by atoms with Gasteiger partial charge in [-0.15, -0.1) is 11.6 Å². The highest BCUT2D eigenvalue weighted by atomic mass is 35.5. The fourth-order valence-corrected chi connectivity index (χ4v) is 3.83. The Kier molecular flexibility index (Phi) is 5.35. The summed E-state index contributed by atoms with van der Waals surface area (Å²) < 4.78 is 0. The summed E-state index contributed by atoms with van der Waals surface area (Å²) in [5.74, 6) is 0.816. The molecule has 3 atom stereocenters. The highest BCUT2D eigenvalue weighted by Gasteiger charge is 2.55. The van der Waals surface area contributed by atoms with E-state index in [-0.39, 0.29) is 17.1 Å². The van der Waals surface area contributed by atoms with Crippen LogP contribution in [0, 0.1) is 11.3 Å². The molecule has 4 nitrogen and oxygen atoms in total. The predicted octanol–water partition coefficient (Wildman–Crippen LogP) is 2.57. The van der Waals surface area contributed by atoms with Crippen molar-refractivity contribution in [3.63, 3.8) is 0 Å². The molecule has 0 bridgehead atoms. The fraction of sp³-hybridized carbons (Fsp3) is 0.588. The van der Waals surface area contributed by atoms with Crippen LogP contribution in [0.4, 0.5) is 0 Å². The Morgan fingerprint density at radius 2 is 2.09 bits per heavy atom. The Hall–Kier alpha value is -1.26. The van der Waals surface area contributed by atoms with Gasteiger partial charge in [0.1, 0.15) is 5.75 Å². The van der Waals surface area contributed by atoms with E-state index in [2.05, 4.69) is 17.2 Å². The lowest BCUT2D eigenvalue weighted by Gasteiger charge is -2.42.